The summed E-state index contributed by atoms with van der Waals surface area (Å²) in [6, 6.07) is -0.0900. The first-order valence-electron chi connectivity index (χ1n) is 6.02. The van der Waals surface area contributed by atoms with Crippen LogP contribution >= 0.6 is 11.8 Å². The number of hydrogen-bond acceptors (Lipinski definition) is 6. The van der Waals surface area contributed by atoms with Crippen molar-refractivity contribution < 1.29 is 16.8 Å². The molecular weight excluding hydrogens is 308 g/mol. The molecule has 6 nitrogen and oxygen atoms in total. The standard InChI is InChI=1S/C10H18N2O4S3/c1-3-12-8-4-6(2)18(13,14)10-7(8)5-9(17-10)19(11,15)16/h5-6,8-10,12H,3-4H2,1-2H3,(H2,11,15,16). The Kier molecular flexibility index (Phi) is 4.05. The number of sulfonamides is 1. The van der Waals surface area contributed by atoms with Gasteiger partial charge in [-0.25, -0.2) is 22.0 Å². The summed E-state index contributed by atoms with van der Waals surface area (Å²) in [5.41, 5.74) is 0.643. The topological polar surface area (TPSA) is 106 Å². The largest absolute Gasteiger partial charge is 0.310 e. The molecule has 3 N–H and O–H groups in total. The second kappa shape index (κ2) is 5.03. The highest BCUT2D eigenvalue weighted by molar-refractivity contribution is 8.20. The van der Waals surface area contributed by atoms with Crippen molar-refractivity contribution in [3.05, 3.63) is 11.6 Å². The number of likely N-dealkylation sites (N-methyl/N-ethyl adjacent to an activating group) is 1. The lowest BCUT2D eigenvalue weighted by Crippen LogP contribution is -2.46. The van der Waals surface area contributed by atoms with Gasteiger partial charge in [-0.05, 0) is 25.5 Å². The van der Waals surface area contributed by atoms with E-state index in [0.29, 0.717) is 18.5 Å². The predicted molar refractivity (Wildman–Crippen MR) is 76.8 cm³/mol. The Balaban J connectivity index is 2.42. The van der Waals surface area contributed by atoms with E-state index in [1.165, 1.54) is 6.08 Å². The first kappa shape index (κ1) is 15.3. The van der Waals surface area contributed by atoms with E-state index >= 15 is 0 Å². The number of hydrogen-bond donors (Lipinski definition) is 2. The summed E-state index contributed by atoms with van der Waals surface area (Å²) >= 11 is 0.908. The number of thioether (sulfide) groups is 1. The van der Waals surface area contributed by atoms with Crippen molar-refractivity contribution in [2.24, 2.45) is 5.14 Å². The summed E-state index contributed by atoms with van der Waals surface area (Å²) in [6.45, 7) is 4.30. The summed E-state index contributed by atoms with van der Waals surface area (Å²) in [6.07, 6.45) is 1.97. The molecule has 1 fully saturated rings. The van der Waals surface area contributed by atoms with Crippen LogP contribution in [0, 0.1) is 0 Å². The minimum atomic E-state index is -3.77. The van der Waals surface area contributed by atoms with Gasteiger partial charge in [-0.1, -0.05) is 13.0 Å². The van der Waals surface area contributed by atoms with Gasteiger partial charge >= 0.3 is 0 Å². The molecule has 0 aromatic carbocycles. The zero-order valence-electron chi connectivity index (χ0n) is 10.7. The molecule has 9 heteroatoms. The third-order valence-corrected chi connectivity index (χ3v) is 9.63. The molecule has 19 heavy (non-hydrogen) atoms. The molecule has 0 aliphatic carbocycles. The van der Waals surface area contributed by atoms with Crippen LogP contribution in [0.2, 0.25) is 0 Å². The lowest BCUT2D eigenvalue weighted by atomic mass is 10.0. The SMILES string of the molecule is CCNC1CC(C)S(=O)(=O)C2SC(S(N)(=O)=O)C=C12. The normalized spacial score (nSPS) is 37.7. The van der Waals surface area contributed by atoms with Crippen LogP contribution in [-0.4, -0.2) is 43.8 Å². The average molecular weight is 326 g/mol. The van der Waals surface area contributed by atoms with Gasteiger partial charge in [-0.15, -0.1) is 11.8 Å². The molecule has 0 radical (unpaired) electrons. The minimum absolute atomic E-state index is 0.0900. The van der Waals surface area contributed by atoms with Crippen LogP contribution in [0.15, 0.2) is 11.6 Å². The van der Waals surface area contributed by atoms with Crippen LogP contribution in [-0.2, 0) is 19.9 Å². The summed E-state index contributed by atoms with van der Waals surface area (Å²) in [4.78, 5) is 0. The van der Waals surface area contributed by atoms with Gasteiger partial charge in [0.2, 0.25) is 10.0 Å². The molecule has 0 aromatic rings. The van der Waals surface area contributed by atoms with Gasteiger partial charge in [0.25, 0.3) is 0 Å². The van der Waals surface area contributed by atoms with Crippen molar-refractivity contribution in [2.45, 2.75) is 40.7 Å². The summed E-state index contributed by atoms with van der Waals surface area (Å²) in [5.74, 6) is 0. The molecule has 4 atom stereocenters. The highest BCUT2D eigenvalue weighted by atomic mass is 32.3. The van der Waals surface area contributed by atoms with Crippen molar-refractivity contribution in [1.82, 2.24) is 5.32 Å². The molecule has 1 saturated heterocycles. The maximum Gasteiger partial charge on any atom is 0.225 e. The summed E-state index contributed by atoms with van der Waals surface area (Å²) in [7, 11) is -7.12. The van der Waals surface area contributed by atoms with E-state index in [4.69, 9.17) is 5.14 Å². The minimum Gasteiger partial charge on any atom is -0.310 e. The van der Waals surface area contributed by atoms with E-state index in [2.05, 4.69) is 5.32 Å². The fourth-order valence-electron chi connectivity index (χ4n) is 2.46. The Hall–Kier alpha value is -0.0900. The number of sulfone groups is 1. The number of fused-ring (bicyclic) bond motifs is 1. The van der Waals surface area contributed by atoms with E-state index in [9.17, 15) is 16.8 Å². The fraction of sp³-hybridized carbons (Fsp3) is 0.800. The Labute approximate surface area is 118 Å². The van der Waals surface area contributed by atoms with E-state index in [0.717, 1.165) is 11.8 Å². The van der Waals surface area contributed by atoms with Crippen LogP contribution in [0.4, 0.5) is 0 Å². The number of nitrogens with one attached hydrogen (secondary N) is 1. The average Bonchev–Trinajstić information content (AvgIpc) is 2.72. The molecule has 2 heterocycles. The van der Waals surface area contributed by atoms with Crippen molar-refractivity contribution >= 4 is 31.6 Å². The van der Waals surface area contributed by atoms with Crippen LogP contribution in [0.25, 0.3) is 0 Å². The van der Waals surface area contributed by atoms with Crippen LogP contribution in [0.5, 0.6) is 0 Å². The van der Waals surface area contributed by atoms with Gasteiger partial charge in [0, 0.05) is 6.04 Å². The van der Waals surface area contributed by atoms with E-state index in [-0.39, 0.29) is 6.04 Å². The van der Waals surface area contributed by atoms with Crippen molar-refractivity contribution in [2.75, 3.05) is 6.54 Å². The molecule has 4 unspecified atom stereocenters. The molecular formula is C10H18N2O4S3. The molecule has 2 aliphatic heterocycles. The molecule has 2 rings (SSSR count). The van der Waals surface area contributed by atoms with Crippen molar-refractivity contribution in [3.63, 3.8) is 0 Å². The third-order valence-electron chi connectivity index (χ3n) is 3.46. The quantitative estimate of drug-likeness (QED) is 0.695. The number of nitrogens with two attached hydrogens (primary N) is 1. The second-order valence-corrected chi connectivity index (χ2v) is 10.8. The van der Waals surface area contributed by atoms with Crippen LogP contribution in [0.3, 0.4) is 0 Å². The number of primary sulfonamides is 1. The fourth-order valence-corrected chi connectivity index (χ4v) is 7.90. The van der Waals surface area contributed by atoms with Crippen molar-refractivity contribution in [3.8, 4) is 0 Å². The molecule has 2 aliphatic rings. The predicted octanol–water partition coefficient (Wildman–Crippen LogP) is -0.215. The summed E-state index contributed by atoms with van der Waals surface area (Å²) < 4.78 is 45.7. The van der Waals surface area contributed by atoms with Gasteiger partial charge in [0.15, 0.2) is 9.84 Å². The monoisotopic (exact) mass is 326 g/mol. The third kappa shape index (κ3) is 2.71. The molecule has 0 aromatic heterocycles. The summed E-state index contributed by atoms with van der Waals surface area (Å²) in [5, 5.41) is 7.86. The van der Waals surface area contributed by atoms with Gasteiger partial charge in [0.05, 0.1) is 5.25 Å². The van der Waals surface area contributed by atoms with Crippen molar-refractivity contribution in [1.29, 1.82) is 0 Å². The van der Waals surface area contributed by atoms with E-state index in [1.54, 1.807) is 6.92 Å². The molecule has 0 bridgehead atoms. The van der Waals surface area contributed by atoms with E-state index in [1.807, 2.05) is 6.92 Å². The van der Waals surface area contributed by atoms with Crippen LogP contribution in [0.1, 0.15) is 20.3 Å². The molecule has 0 saturated carbocycles. The van der Waals surface area contributed by atoms with Gasteiger partial charge in [0.1, 0.15) is 9.16 Å². The molecule has 110 valence electrons. The first-order valence-corrected chi connectivity index (χ1v) is 10.2. The van der Waals surface area contributed by atoms with Gasteiger partial charge < -0.3 is 5.32 Å². The van der Waals surface area contributed by atoms with Crippen LogP contribution < -0.4 is 10.5 Å². The maximum absolute atomic E-state index is 12.3. The lowest BCUT2D eigenvalue weighted by Gasteiger charge is -2.33. The highest BCUT2D eigenvalue weighted by Crippen LogP contribution is 2.45. The Morgan fingerprint density at radius 2 is 2.16 bits per heavy atom. The number of rotatable bonds is 3. The highest BCUT2D eigenvalue weighted by Gasteiger charge is 2.49. The zero-order chi connectivity index (χ0) is 14.4. The smallest absolute Gasteiger partial charge is 0.225 e. The lowest BCUT2D eigenvalue weighted by molar-refractivity contribution is 0.501. The zero-order valence-corrected chi connectivity index (χ0v) is 13.2. The maximum atomic E-state index is 12.3. The molecule has 0 spiro atoms. The first-order chi connectivity index (χ1) is 8.67. The molecule has 0 amide bonds. The Morgan fingerprint density at radius 3 is 2.68 bits per heavy atom. The van der Waals surface area contributed by atoms with Gasteiger partial charge in [-0.2, -0.15) is 0 Å². The van der Waals surface area contributed by atoms with E-state index < -0.39 is 34.3 Å². The Bertz CT molecular complexity index is 596. The second-order valence-electron chi connectivity index (χ2n) is 4.84. The van der Waals surface area contributed by atoms with Gasteiger partial charge in [-0.3, -0.25) is 0 Å². The Morgan fingerprint density at radius 1 is 1.53 bits per heavy atom.